The molecule has 0 bridgehead atoms. The second-order valence-electron chi connectivity index (χ2n) is 4.51. The van der Waals surface area contributed by atoms with E-state index in [0.29, 0.717) is 37.5 Å². The second kappa shape index (κ2) is 6.61. The molecule has 0 atom stereocenters. The SMILES string of the molecule is COc1ccccc1C(=O)N1CCN(C(=O)CCl)CC1. The van der Waals surface area contributed by atoms with E-state index in [-0.39, 0.29) is 17.7 Å². The number of nitrogens with zero attached hydrogens (tertiary/aromatic N) is 2. The number of benzene rings is 1. The first-order valence-corrected chi connectivity index (χ1v) is 6.97. The van der Waals surface area contributed by atoms with E-state index in [1.807, 2.05) is 12.1 Å². The van der Waals surface area contributed by atoms with Crippen LogP contribution in [0.3, 0.4) is 0 Å². The summed E-state index contributed by atoms with van der Waals surface area (Å²) < 4.78 is 5.20. The van der Waals surface area contributed by atoms with Gasteiger partial charge in [0, 0.05) is 26.2 Å². The molecule has 0 saturated carbocycles. The first-order chi connectivity index (χ1) is 9.67. The third kappa shape index (κ3) is 3.04. The molecule has 0 aliphatic carbocycles. The van der Waals surface area contributed by atoms with Gasteiger partial charge in [0.2, 0.25) is 5.91 Å². The van der Waals surface area contributed by atoms with Crippen LogP contribution >= 0.6 is 11.6 Å². The van der Waals surface area contributed by atoms with Crippen molar-refractivity contribution in [2.75, 3.05) is 39.2 Å². The number of piperazine rings is 1. The Hall–Kier alpha value is -1.75. The summed E-state index contributed by atoms with van der Waals surface area (Å²) in [5.41, 5.74) is 0.548. The van der Waals surface area contributed by atoms with E-state index in [9.17, 15) is 9.59 Å². The fraction of sp³-hybridized carbons (Fsp3) is 0.429. The maximum atomic E-state index is 12.4. The Bertz CT molecular complexity index is 499. The van der Waals surface area contributed by atoms with Gasteiger partial charge in [0.1, 0.15) is 11.6 Å². The molecule has 1 aliphatic rings. The Morgan fingerprint density at radius 2 is 1.75 bits per heavy atom. The minimum absolute atomic E-state index is 0.0134. The van der Waals surface area contributed by atoms with E-state index >= 15 is 0 Å². The maximum Gasteiger partial charge on any atom is 0.257 e. The minimum atomic E-state index is -0.0870. The van der Waals surface area contributed by atoms with E-state index in [4.69, 9.17) is 16.3 Å². The number of carbonyl (C=O) groups is 2. The molecule has 2 rings (SSSR count). The normalized spacial score (nSPS) is 15.1. The van der Waals surface area contributed by atoms with Crippen molar-refractivity contribution in [2.45, 2.75) is 0 Å². The van der Waals surface area contributed by atoms with Crippen molar-refractivity contribution in [1.29, 1.82) is 0 Å². The number of amides is 2. The Balaban J connectivity index is 2.03. The van der Waals surface area contributed by atoms with Gasteiger partial charge in [0.25, 0.3) is 5.91 Å². The highest BCUT2D eigenvalue weighted by Crippen LogP contribution is 2.20. The number of hydrogen-bond acceptors (Lipinski definition) is 3. The molecule has 1 fully saturated rings. The van der Waals surface area contributed by atoms with Gasteiger partial charge in [0.15, 0.2) is 0 Å². The average molecular weight is 297 g/mol. The van der Waals surface area contributed by atoms with Gasteiger partial charge >= 0.3 is 0 Å². The Morgan fingerprint density at radius 3 is 2.35 bits per heavy atom. The summed E-state index contributed by atoms with van der Waals surface area (Å²) in [6, 6.07) is 7.15. The summed E-state index contributed by atoms with van der Waals surface area (Å²) in [5, 5.41) is 0. The van der Waals surface area contributed by atoms with Gasteiger partial charge in [0.05, 0.1) is 12.7 Å². The highest BCUT2D eigenvalue weighted by atomic mass is 35.5. The predicted octanol–water partition coefficient (Wildman–Crippen LogP) is 1.22. The van der Waals surface area contributed by atoms with Gasteiger partial charge in [-0.25, -0.2) is 0 Å². The molecule has 1 aromatic carbocycles. The molecule has 5 nitrogen and oxygen atoms in total. The van der Waals surface area contributed by atoms with Crippen molar-refractivity contribution in [3.05, 3.63) is 29.8 Å². The Morgan fingerprint density at radius 1 is 1.15 bits per heavy atom. The van der Waals surface area contributed by atoms with Crippen LogP contribution in [-0.4, -0.2) is 60.8 Å². The van der Waals surface area contributed by atoms with Crippen molar-refractivity contribution < 1.29 is 14.3 Å². The fourth-order valence-electron chi connectivity index (χ4n) is 2.24. The van der Waals surface area contributed by atoms with Crippen molar-refractivity contribution in [2.24, 2.45) is 0 Å². The van der Waals surface area contributed by atoms with E-state index in [1.54, 1.807) is 29.0 Å². The maximum absolute atomic E-state index is 12.4. The molecule has 0 radical (unpaired) electrons. The smallest absolute Gasteiger partial charge is 0.257 e. The number of halogens is 1. The van der Waals surface area contributed by atoms with Crippen LogP contribution in [0.4, 0.5) is 0 Å². The van der Waals surface area contributed by atoms with E-state index in [0.717, 1.165) is 0 Å². The molecule has 2 amide bonds. The van der Waals surface area contributed by atoms with Gasteiger partial charge in [-0.1, -0.05) is 12.1 Å². The number of para-hydroxylation sites is 1. The zero-order valence-electron chi connectivity index (χ0n) is 11.3. The number of rotatable bonds is 3. The molecule has 0 unspecified atom stereocenters. The largest absolute Gasteiger partial charge is 0.496 e. The van der Waals surface area contributed by atoms with Crippen LogP contribution in [0.25, 0.3) is 0 Å². The topological polar surface area (TPSA) is 49.9 Å². The van der Waals surface area contributed by atoms with E-state index in [2.05, 4.69) is 0 Å². The quantitative estimate of drug-likeness (QED) is 0.788. The van der Waals surface area contributed by atoms with E-state index in [1.165, 1.54) is 0 Å². The van der Waals surface area contributed by atoms with Gasteiger partial charge in [-0.05, 0) is 12.1 Å². The summed E-state index contributed by atoms with van der Waals surface area (Å²) in [7, 11) is 1.54. The Labute approximate surface area is 123 Å². The number of ether oxygens (including phenoxy) is 1. The van der Waals surface area contributed by atoms with Crippen LogP contribution in [0.15, 0.2) is 24.3 Å². The first kappa shape index (κ1) is 14.7. The minimum Gasteiger partial charge on any atom is -0.496 e. The summed E-state index contributed by atoms with van der Waals surface area (Å²) in [5.74, 6) is 0.397. The lowest BCUT2D eigenvalue weighted by molar-refractivity contribution is -0.129. The highest BCUT2D eigenvalue weighted by Gasteiger charge is 2.25. The number of alkyl halides is 1. The molecular weight excluding hydrogens is 280 g/mol. The lowest BCUT2D eigenvalue weighted by atomic mass is 10.1. The molecule has 1 saturated heterocycles. The van der Waals surface area contributed by atoms with Crippen LogP contribution in [0.1, 0.15) is 10.4 Å². The van der Waals surface area contributed by atoms with Crippen LogP contribution in [0.5, 0.6) is 5.75 Å². The van der Waals surface area contributed by atoms with Gasteiger partial charge in [-0.2, -0.15) is 0 Å². The summed E-state index contributed by atoms with van der Waals surface area (Å²) >= 11 is 5.53. The van der Waals surface area contributed by atoms with E-state index < -0.39 is 0 Å². The van der Waals surface area contributed by atoms with Crippen molar-refractivity contribution in [3.63, 3.8) is 0 Å². The molecule has 1 aromatic rings. The molecule has 20 heavy (non-hydrogen) atoms. The molecule has 108 valence electrons. The zero-order valence-corrected chi connectivity index (χ0v) is 12.1. The van der Waals surface area contributed by atoms with Gasteiger partial charge < -0.3 is 14.5 Å². The molecule has 6 heteroatoms. The highest BCUT2D eigenvalue weighted by molar-refractivity contribution is 6.27. The molecule has 0 N–H and O–H groups in total. The predicted molar refractivity (Wildman–Crippen MR) is 76.2 cm³/mol. The van der Waals surface area contributed by atoms with Crippen LogP contribution < -0.4 is 4.74 Å². The summed E-state index contributed by atoms with van der Waals surface area (Å²) in [6.07, 6.45) is 0. The molecule has 1 heterocycles. The van der Waals surface area contributed by atoms with Crippen LogP contribution in [0.2, 0.25) is 0 Å². The molecule has 1 aliphatic heterocycles. The van der Waals surface area contributed by atoms with Crippen LogP contribution in [-0.2, 0) is 4.79 Å². The molecule has 0 spiro atoms. The number of carbonyl (C=O) groups excluding carboxylic acids is 2. The third-order valence-electron chi connectivity index (χ3n) is 3.37. The molecular formula is C14H17ClN2O3. The third-order valence-corrected chi connectivity index (χ3v) is 3.60. The standard InChI is InChI=1S/C14H17ClN2O3/c1-20-12-5-3-2-4-11(12)14(19)17-8-6-16(7-9-17)13(18)10-15/h2-5H,6-10H2,1H3. The summed E-state index contributed by atoms with van der Waals surface area (Å²) in [6.45, 7) is 2.07. The summed E-state index contributed by atoms with van der Waals surface area (Å²) in [4.78, 5) is 27.3. The Kier molecular flexibility index (Phi) is 4.84. The van der Waals surface area contributed by atoms with Gasteiger partial charge in [-0.15, -0.1) is 11.6 Å². The second-order valence-corrected chi connectivity index (χ2v) is 4.77. The van der Waals surface area contributed by atoms with Crippen molar-refractivity contribution in [3.8, 4) is 5.75 Å². The van der Waals surface area contributed by atoms with Gasteiger partial charge in [-0.3, -0.25) is 9.59 Å². The number of hydrogen-bond donors (Lipinski definition) is 0. The van der Waals surface area contributed by atoms with Crippen LogP contribution in [0, 0.1) is 0 Å². The fourth-order valence-corrected chi connectivity index (χ4v) is 2.40. The average Bonchev–Trinajstić information content (AvgIpc) is 2.53. The lowest BCUT2D eigenvalue weighted by Crippen LogP contribution is -2.51. The number of methoxy groups -OCH3 is 1. The monoisotopic (exact) mass is 296 g/mol. The van der Waals surface area contributed by atoms with Crippen molar-refractivity contribution in [1.82, 2.24) is 9.80 Å². The lowest BCUT2D eigenvalue weighted by Gasteiger charge is -2.34. The van der Waals surface area contributed by atoms with Crippen molar-refractivity contribution >= 4 is 23.4 Å². The zero-order chi connectivity index (χ0) is 14.5. The first-order valence-electron chi connectivity index (χ1n) is 6.43. The molecule has 0 aromatic heterocycles.